The van der Waals surface area contributed by atoms with Crippen molar-refractivity contribution in [2.75, 3.05) is 25.6 Å². The lowest BCUT2D eigenvalue weighted by molar-refractivity contribution is -0.118. The number of aromatic nitrogens is 1. The van der Waals surface area contributed by atoms with Gasteiger partial charge in [-0.15, -0.1) is 11.3 Å². The molecular formula is C18H23N3O5S2. The van der Waals surface area contributed by atoms with Crippen LogP contribution >= 0.6 is 11.3 Å². The van der Waals surface area contributed by atoms with Gasteiger partial charge in [0.25, 0.3) is 5.91 Å². The normalized spacial score (nSPS) is 14.6. The molecule has 10 heteroatoms. The Kier molecular flexibility index (Phi) is 6.21. The van der Waals surface area contributed by atoms with Crippen LogP contribution < -0.4 is 14.8 Å². The summed E-state index contributed by atoms with van der Waals surface area (Å²) in [4.78, 5) is 17.5. The van der Waals surface area contributed by atoms with E-state index in [9.17, 15) is 13.2 Å². The number of benzene rings is 1. The summed E-state index contributed by atoms with van der Waals surface area (Å²) in [5.74, 6) is 0.684. The molecule has 1 aromatic heterocycles. The summed E-state index contributed by atoms with van der Waals surface area (Å²) >= 11 is 1.30. The van der Waals surface area contributed by atoms with Crippen molar-refractivity contribution >= 4 is 32.4 Å². The van der Waals surface area contributed by atoms with Crippen LogP contribution in [0.1, 0.15) is 24.4 Å². The molecule has 1 aliphatic rings. The third-order valence-corrected chi connectivity index (χ3v) is 7.55. The summed E-state index contributed by atoms with van der Waals surface area (Å²) in [6, 6.07) is 7.08. The Morgan fingerprint density at radius 2 is 2.04 bits per heavy atom. The SMILES string of the molecule is COc1ccccc1OCC(=O)Nc1nc2c(s1)CN(S(=O)(=O)C(C)C)CC2. The van der Waals surface area contributed by atoms with E-state index in [1.54, 1.807) is 32.0 Å². The molecule has 2 aromatic rings. The zero-order chi connectivity index (χ0) is 20.3. The number of nitrogens with zero attached hydrogens (tertiary/aromatic N) is 2. The summed E-state index contributed by atoms with van der Waals surface area (Å²) in [6.45, 7) is 3.86. The molecule has 0 saturated heterocycles. The van der Waals surface area contributed by atoms with Gasteiger partial charge in [-0.3, -0.25) is 10.1 Å². The lowest BCUT2D eigenvalue weighted by Gasteiger charge is -2.26. The van der Waals surface area contributed by atoms with Crippen LogP contribution in [-0.2, 0) is 27.8 Å². The number of hydrogen-bond acceptors (Lipinski definition) is 7. The maximum Gasteiger partial charge on any atom is 0.264 e. The van der Waals surface area contributed by atoms with Crippen molar-refractivity contribution in [2.24, 2.45) is 0 Å². The third kappa shape index (κ3) is 4.45. The maximum absolute atomic E-state index is 12.4. The first-order chi connectivity index (χ1) is 13.3. The number of methoxy groups -OCH3 is 1. The Labute approximate surface area is 168 Å². The molecule has 1 N–H and O–H groups in total. The molecule has 0 unspecified atom stereocenters. The fourth-order valence-corrected chi connectivity index (χ4v) is 5.15. The first-order valence-corrected chi connectivity index (χ1v) is 11.2. The van der Waals surface area contributed by atoms with Crippen LogP contribution in [0.5, 0.6) is 11.5 Å². The zero-order valence-corrected chi connectivity index (χ0v) is 17.6. The molecule has 0 radical (unpaired) electrons. The molecule has 0 aliphatic carbocycles. The molecule has 3 rings (SSSR count). The number of para-hydroxylation sites is 2. The maximum atomic E-state index is 12.4. The molecule has 0 saturated carbocycles. The van der Waals surface area contributed by atoms with Gasteiger partial charge < -0.3 is 9.47 Å². The number of nitrogens with one attached hydrogen (secondary N) is 1. The van der Waals surface area contributed by atoms with Crippen molar-refractivity contribution in [3.8, 4) is 11.5 Å². The first kappa shape index (κ1) is 20.6. The minimum absolute atomic E-state index is 0.182. The highest BCUT2D eigenvalue weighted by atomic mass is 32.2. The van der Waals surface area contributed by atoms with E-state index in [4.69, 9.17) is 9.47 Å². The molecule has 2 heterocycles. The first-order valence-electron chi connectivity index (χ1n) is 8.84. The lowest BCUT2D eigenvalue weighted by Crippen LogP contribution is -2.39. The highest BCUT2D eigenvalue weighted by molar-refractivity contribution is 7.89. The van der Waals surface area contributed by atoms with Crippen LogP contribution in [0.25, 0.3) is 0 Å². The van der Waals surface area contributed by atoms with E-state index >= 15 is 0 Å². The second kappa shape index (κ2) is 8.46. The van der Waals surface area contributed by atoms with E-state index in [0.29, 0.717) is 36.1 Å². The van der Waals surface area contributed by atoms with Gasteiger partial charge in [-0.25, -0.2) is 13.4 Å². The number of rotatable bonds is 7. The minimum atomic E-state index is -3.31. The Balaban J connectivity index is 1.61. The summed E-state index contributed by atoms with van der Waals surface area (Å²) in [7, 11) is -1.78. The lowest BCUT2D eigenvalue weighted by atomic mass is 10.2. The summed E-state index contributed by atoms with van der Waals surface area (Å²) in [6.07, 6.45) is 0.533. The average Bonchev–Trinajstić information content (AvgIpc) is 3.07. The van der Waals surface area contributed by atoms with E-state index in [0.717, 1.165) is 10.6 Å². The van der Waals surface area contributed by atoms with E-state index in [1.807, 2.05) is 6.07 Å². The van der Waals surface area contributed by atoms with E-state index in [1.165, 1.54) is 22.8 Å². The van der Waals surface area contributed by atoms with Crippen LogP contribution in [0.2, 0.25) is 0 Å². The number of thiazole rings is 1. The van der Waals surface area contributed by atoms with Gasteiger partial charge in [-0.2, -0.15) is 4.31 Å². The van der Waals surface area contributed by atoms with Gasteiger partial charge in [0.05, 0.1) is 18.1 Å². The van der Waals surface area contributed by atoms with Gasteiger partial charge in [0.2, 0.25) is 10.0 Å². The molecule has 0 bridgehead atoms. The van der Waals surface area contributed by atoms with Gasteiger partial charge in [-0.05, 0) is 26.0 Å². The topological polar surface area (TPSA) is 97.8 Å². The van der Waals surface area contributed by atoms with Crippen LogP contribution in [0.3, 0.4) is 0 Å². The largest absolute Gasteiger partial charge is 0.493 e. The Bertz CT molecular complexity index is 956. The number of ether oxygens (including phenoxy) is 2. The number of anilines is 1. The van der Waals surface area contributed by atoms with Crippen LogP contribution in [0.4, 0.5) is 5.13 Å². The van der Waals surface area contributed by atoms with Crippen LogP contribution in [-0.4, -0.2) is 49.1 Å². The van der Waals surface area contributed by atoms with Crippen molar-refractivity contribution in [1.82, 2.24) is 9.29 Å². The van der Waals surface area contributed by atoms with Crippen LogP contribution in [0, 0.1) is 0 Å². The number of carbonyl (C=O) groups is 1. The van der Waals surface area contributed by atoms with Crippen molar-refractivity contribution in [3.63, 3.8) is 0 Å². The van der Waals surface area contributed by atoms with Crippen molar-refractivity contribution in [3.05, 3.63) is 34.8 Å². The summed E-state index contributed by atoms with van der Waals surface area (Å²) in [5.41, 5.74) is 0.834. The Morgan fingerprint density at radius 1 is 1.32 bits per heavy atom. The fourth-order valence-electron chi connectivity index (χ4n) is 2.78. The summed E-state index contributed by atoms with van der Waals surface area (Å²) < 4.78 is 36.9. The molecule has 1 aliphatic heterocycles. The number of carbonyl (C=O) groups excluding carboxylic acids is 1. The zero-order valence-electron chi connectivity index (χ0n) is 16.0. The van der Waals surface area contributed by atoms with E-state index in [-0.39, 0.29) is 12.5 Å². The van der Waals surface area contributed by atoms with Gasteiger partial charge in [0.1, 0.15) is 0 Å². The molecule has 0 spiro atoms. The van der Waals surface area contributed by atoms with Gasteiger partial charge in [0, 0.05) is 24.4 Å². The van der Waals surface area contributed by atoms with Gasteiger partial charge in [0.15, 0.2) is 23.2 Å². The quantitative estimate of drug-likeness (QED) is 0.731. The molecule has 152 valence electrons. The van der Waals surface area contributed by atoms with Crippen LogP contribution in [0.15, 0.2) is 24.3 Å². The monoisotopic (exact) mass is 425 g/mol. The fraction of sp³-hybridized carbons (Fsp3) is 0.444. The number of amides is 1. The molecule has 28 heavy (non-hydrogen) atoms. The molecule has 1 aromatic carbocycles. The average molecular weight is 426 g/mol. The molecule has 8 nitrogen and oxygen atoms in total. The van der Waals surface area contributed by atoms with Gasteiger partial charge in [-0.1, -0.05) is 12.1 Å². The number of hydrogen-bond donors (Lipinski definition) is 1. The molecule has 0 fully saturated rings. The van der Waals surface area contributed by atoms with E-state index in [2.05, 4.69) is 10.3 Å². The van der Waals surface area contributed by atoms with Gasteiger partial charge >= 0.3 is 0 Å². The van der Waals surface area contributed by atoms with Crippen molar-refractivity contribution in [1.29, 1.82) is 0 Å². The third-order valence-electron chi connectivity index (χ3n) is 4.33. The predicted molar refractivity (Wildman–Crippen MR) is 107 cm³/mol. The van der Waals surface area contributed by atoms with E-state index < -0.39 is 15.3 Å². The second-order valence-electron chi connectivity index (χ2n) is 6.55. The Morgan fingerprint density at radius 3 is 2.71 bits per heavy atom. The highest BCUT2D eigenvalue weighted by Gasteiger charge is 2.31. The Hall–Kier alpha value is -2.17. The second-order valence-corrected chi connectivity index (χ2v) is 10.1. The van der Waals surface area contributed by atoms with Crippen molar-refractivity contribution in [2.45, 2.75) is 32.1 Å². The van der Waals surface area contributed by atoms with Crippen molar-refractivity contribution < 1.29 is 22.7 Å². The molecule has 1 amide bonds. The number of fused-ring (bicyclic) bond motifs is 1. The number of sulfonamides is 1. The standard InChI is InChI=1S/C18H23N3O5S2/c1-12(2)28(23,24)21-9-8-13-16(10-21)27-18(19-13)20-17(22)11-26-15-7-5-4-6-14(15)25-3/h4-7,12H,8-11H2,1-3H3,(H,19,20,22). The molecule has 0 atom stereocenters. The smallest absolute Gasteiger partial charge is 0.264 e. The highest BCUT2D eigenvalue weighted by Crippen LogP contribution is 2.30. The predicted octanol–water partition coefficient (Wildman–Crippen LogP) is 2.27. The summed E-state index contributed by atoms with van der Waals surface area (Å²) in [5, 5.41) is 2.70. The molecular weight excluding hydrogens is 402 g/mol. The minimum Gasteiger partial charge on any atom is -0.493 e.